The van der Waals surface area contributed by atoms with Crippen molar-refractivity contribution < 1.29 is 14.6 Å². The summed E-state index contributed by atoms with van der Waals surface area (Å²) in [6.45, 7) is 13.4. The van der Waals surface area contributed by atoms with Crippen LogP contribution in [0.3, 0.4) is 0 Å². The predicted octanol–water partition coefficient (Wildman–Crippen LogP) is 3.70. The van der Waals surface area contributed by atoms with Crippen LogP contribution in [0.1, 0.15) is 59.8 Å². The fraction of sp³-hybridized carbons (Fsp3) is 0.900. The molecule has 3 aliphatic heterocycles. The van der Waals surface area contributed by atoms with Gasteiger partial charge in [-0.3, -0.25) is 0 Å². The highest BCUT2D eigenvalue weighted by molar-refractivity contribution is 5.20. The average Bonchev–Trinajstić information content (AvgIpc) is 2.79. The number of hydrogen-bond acceptors (Lipinski definition) is 3. The van der Waals surface area contributed by atoms with Crippen LogP contribution in [0.4, 0.5) is 0 Å². The van der Waals surface area contributed by atoms with Crippen molar-refractivity contribution in [1.82, 2.24) is 0 Å². The molecule has 0 aromatic rings. The molecule has 0 aromatic carbocycles. The van der Waals surface area contributed by atoms with E-state index in [9.17, 15) is 5.11 Å². The van der Waals surface area contributed by atoms with Crippen molar-refractivity contribution in [2.75, 3.05) is 0 Å². The van der Waals surface area contributed by atoms with Gasteiger partial charge < -0.3 is 14.6 Å². The van der Waals surface area contributed by atoms with Crippen LogP contribution in [-0.2, 0) is 9.47 Å². The van der Waals surface area contributed by atoms with E-state index in [0.29, 0.717) is 23.7 Å². The summed E-state index contributed by atoms with van der Waals surface area (Å²) in [6.07, 6.45) is 4.81. The van der Waals surface area contributed by atoms with E-state index in [-0.39, 0.29) is 23.9 Å². The van der Waals surface area contributed by atoms with Gasteiger partial charge in [-0.25, -0.2) is 0 Å². The van der Waals surface area contributed by atoms with Gasteiger partial charge in [0.15, 0.2) is 0 Å². The van der Waals surface area contributed by atoms with Gasteiger partial charge in [0.25, 0.3) is 0 Å². The Hall–Kier alpha value is -0.380. The zero-order valence-electron chi connectivity index (χ0n) is 15.0. The Kier molecular flexibility index (Phi) is 3.54. The summed E-state index contributed by atoms with van der Waals surface area (Å²) < 4.78 is 13.2. The first kappa shape index (κ1) is 16.1. The molecule has 3 heteroatoms. The smallest absolute Gasteiger partial charge is 0.0945 e. The topological polar surface area (TPSA) is 38.7 Å². The molecule has 8 atom stereocenters. The van der Waals surface area contributed by atoms with E-state index in [1.807, 2.05) is 0 Å². The van der Waals surface area contributed by atoms with Crippen LogP contribution in [0.25, 0.3) is 0 Å². The van der Waals surface area contributed by atoms with Gasteiger partial charge in [0.05, 0.1) is 29.5 Å². The molecule has 4 fully saturated rings. The summed E-state index contributed by atoms with van der Waals surface area (Å²) in [6, 6.07) is 0. The first-order chi connectivity index (χ1) is 10.8. The molecule has 4 aliphatic rings. The highest BCUT2D eigenvalue weighted by Crippen LogP contribution is 2.59. The van der Waals surface area contributed by atoms with Crippen LogP contribution in [0.15, 0.2) is 12.2 Å². The first-order valence-corrected chi connectivity index (χ1v) is 9.46. The van der Waals surface area contributed by atoms with Crippen LogP contribution in [-0.4, -0.2) is 34.6 Å². The molecule has 8 unspecified atom stereocenters. The second-order valence-electron chi connectivity index (χ2n) is 9.29. The Morgan fingerprint density at radius 3 is 2.65 bits per heavy atom. The molecule has 0 amide bonds. The van der Waals surface area contributed by atoms with E-state index in [0.717, 1.165) is 25.7 Å². The van der Waals surface area contributed by atoms with Crippen molar-refractivity contribution >= 4 is 0 Å². The standard InChI is InChI=1S/C20H32O3/c1-11(2)13-7-6-12(3)16-14-10-20(5)15(21)8-9-19(4,23-20)18(22-14)17(13)16/h11,13-18,21H,3,6-10H2,1-2,4-5H3. The number of aliphatic hydroxyl groups is 1. The maximum Gasteiger partial charge on any atom is 0.0945 e. The molecular weight excluding hydrogens is 288 g/mol. The van der Waals surface area contributed by atoms with Gasteiger partial charge >= 0.3 is 0 Å². The second kappa shape index (κ2) is 5.06. The normalized spacial score (nSPS) is 55.7. The van der Waals surface area contributed by atoms with E-state index in [1.54, 1.807) is 0 Å². The van der Waals surface area contributed by atoms with Gasteiger partial charge in [0.2, 0.25) is 0 Å². The third-order valence-corrected chi connectivity index (χ3v) is 7.40. The van der Waals surface area contributed by atoms with Gasteiger partial charge in [0.1, 0.15) is 0 Å². The third-order valence-electron chi connectivity index (χ3n) is 7.40. The lowest BCUT2D eigenvalue weighted by atomic mass is 9.59. The Labute approximate surface area is 140 Å². The Balaban J connectivity index is 1.77. The fourth-order valence-electron chi connectivity index (χ4n) is 6.20. The predicted molar refractivity (Wildman–Crippen MR) is 90.1 cm³/mol. The molecule has 3 nitrogen and oxygen atoms in total. The number of rotatable bonds is 1. The van der Waals surface area contributed by atoms with Crippen molar-refractivity contribution in [3.8, 4) is 0 Å². The van der Waals surface area contributed by atoms with Gasteiger partial charge in [-0.15, -0.1) is 0 Å². The zero-order valence-corrected chi connectivity index (χ0v) is 15.0. The molecule has 4 bridgehead atoms. The molecule has 23 heavy (non-hydrogen) atoms. The molecule has 1 N–H and O–H groups in total. The van der Waals surface area contributed by atoms with Crippen LogP contribution in [0.5, 0.6) is 0 Å². The lowest BCUT2D eigenvalue weighted by molar-refractivity contribution is -0.245. The molecule has 4 rings (SSSR count). The Morgan fingerprint density at radius 1 is 1.22 bits per heavy atom. The van der Waals surface area contributed by atoms with E-state index in [4.69, 9.17) is 9.47 Å². The van der Waals surface area contributed by atoms with Gasteiger partial charge in [0, 0.05) is 12.3 Å². The van der Waals surface area contributed by atoms with Crippen molar-refractivity contribution in [2.24, 2.45) is 23.7 Å². The lowest BCUT2D eigenvalue weighted by Gasteiger charge is -2.53. The summed E-state index contributed by atoms with van der Waals surface area (Å²) in [5.74, 6) is 2.35. The Bertz CT molecular complexity index is 515. The van der Waals surface area contributed by atoms with Crippen molar-refractivity contribution in [1.29, 1.82) is 0 Å². The van der Waals surface area contributed by atoms with E-state index < -0.39 is 5.60 Å². The maximum atomic E-state index is 10.5. The van der Waals surface area contributed by atoms with Crippen LogP contribution >= 0.6 is 0 Å². The molecular formula is C20H32O3. The SMILES string of the molecule is C=C1CCC(C(C)C)C2C1C1CC3(C)OC(C)(CCC3O)C2O1. The third kappa shape index (κ3) is 2.19. The fourth-order valence-corrected chi connectivity index (χ4v) is 6.20. The summed E-state index contributed by atoms with van der Waals surface area (Å²) in [5.41, 5.74) is 0.635. The number of ether oxygens (including phenoxy) is 2. The highest BCUT2D eigenvalue weighted by atomic mass is 16.6. The summed E-state index contributed by atoms with van der Waals surface area (Å²) in [4.78, 5) is 0. The minimum Gasteiger partial charge on any atom is -0.390 e. The van der Waals surface area contributed by atoms with Gasteiger partial charge in [-0.05, 0) is 57.3 Å². The first-order valence-electron chi connectivity index (χ1n) is 9.46. The van der Waals surface area contributed by atoms with E-state index in [2.05, 4.69) is 34.3 Å². The monoisotopic (exact) mass is 320 g/mol. The Morgan fingerprint density at radius 2 is 1.96 bits per heavy atom. The molecule has 0 aromatic heterocycles. The van der Waals surface area contributed by atoms with Crippen molar-refractivity contribution in [3.05, 3.63) is 12.2 Å². The summed E-state index contributed by atoms with van der Waals surface area (Å²) in [7, 11) is 0. The minimum absolute atomic E-state index is 0.149. The largest absolute Gasteiger partial charge is 0.390 e. The van der Waals surface area contributed by atoms with Crippen molar-refractivity contribution in [3.63, 3.8) is 0 Å². The van der Waals surface area contributed by atoms with Crippen LogP contribution < -0.4 is 0 Å². The zero-order chi connectivity index (χ0) is 16.6. The van der Waals surface area contributed by atoms with E-state index in [1.165, 1.54) is 12.0 Å². The second-order valence-corrected chi connectivity index (χ2v) is 9.29. The lowest BCUT2D eigenvalue weighted by Crippen LogP contribution is -2.60. The highest BCUT2D eigenvalue weighted by Gasteiger charge is 2.64. The number of hydrogen-bond donors (Lipinski definition) is 1. The van der Waals surface area contributed by atoms with Crippen LogP contribution in [0, 0.1) is 23.7 Å². The molecule has 0 radical (unpaired) electrons. The number of fused-ring (bicyclic) bond motifs is 8. The van der Waals surface area contributed by atoms with Crippen LogP contribution in [0.2, 0.25) is 0 Å². The molecule has 130 valence electrons. The van der Waals surface area contributed by atoms with Gasteiger partial charge in [-0.1, -0.05) is 26.0 Å². The number of aliphatic hydroxyl groups excluding tert-OH is 1. The summed E-state index contributed by atoms with van der Waals surface area (Å²) >= 11 is 0. The van der Waals surface area contributed by atoms with E-state index >= 15 is 0 Å². The van der Waals surface area contributed by atoms with Gasteiger partial charge in [-0.2, -0.15) is 0 Å². The average molecular weight is 320 g/mol. The molecule has 0 spiro atoms. The quantitative estimate of drug-likeness (QED) is 0.749. The van der Waals surface area contributed by atoms with Crippen molar-refractivity contribution in [2.45, 2.75) is 89.3 Å². The maximum absolute atomic E-state index is 10.5. The molecule has 1 aliphatic carbocycles. The molecule has 3 saturated heterocycles. The molecule has 1 saturated carbocycles. The molecule has 3 heterocycles. The summed E-state index contributed by atoms with van der Waals surface area (Å²) in [5, 5.41) is 10.5. The minimum atomic E-state index is -0.470.